The molecule has 1 amide bonds. The van der Waals surface area contributed by atoms with E-state index in [2.05, 4.69) is 19.2 Å². The smallest absolute Gasteiger partial charge is 0.341 e. The summed E-state index contributed by atoms with van der Waals surface area (Å²) < 4.78 is 10.9. The average Bonchev–Trinajstić information content (AvgIpc) is 3.04. The summed E-state index contributed by atoms with van der Waals surface area (Å²) in [5.74, 6) is 0.603. The fourth-order valence-corrected chi connectivity index (χ4v) is 5.03. The van der Waals surface area contributed by atoms with Gasteiger partial charge in [-0.3, -0.25) is 4.79 Å². The van der Waals surface area contributed by atoms with Crippen LogP contribution in [0.25, 0.3) is 0 Å². The lowest BCUT2D eigenvalue weighted by molar-refractivity contribution is -0.118. The summed E-state index contributed by atoms with van der Waals surface area (Å²) in [4.78, 5) is 26.2. The zero-order valence-electron chi connectivity index (χ0n) is 17.4. The van der Waals surface area contributed by atoms with Crippen LogP contribution in [0.2, 0.25) is 0 Å². The van der Waals surface area contributed by atoms with E-state index >= 15 is 0 Å². The minimum atomic E-state index is -0.359. The molecule has 6 heteroatoms. The molecule has 0 unspecified atom stereocenters. The van der Waals surface area contributed by atoms with Crippen LogP contribution in [0.4, 0.5) is 5.00 Å². The Morgan fingerprint density at radius 2 is 1.97 bits per heavy atom. The summed E-state index contributed by atoms with van der Waals surface area (Å²) in [6.07, 6.45) is 4.94. The molecule has 0 saturated carbocycles. The van der Waals surface area contributed by atoms with Gasteiger partial charge in [0, 0.05) is 4.88 Å². The van der Waals surface area contributed by atoms with Crippen LogP contribution in [0.3, 0.4) is 0 Å². The Hall–Kier alpha value is -2.34. The molecule has 0 fully saturated rings. The number of hydrogen-bond donors (Lipinski definition) is 1. The minimum Gasteiger partial charge on any atom is -0.484 e. The van der Waals surface area contributed by atoms with Gasteiger partial charge in [0.1, 0.15) is 10.8 Å². The van der Waals surface area contributed by atoms with Crippen molar-refractivity contribution in [3.63, 3.8) is 0 Å². The Morgan fingerprint density at radius 3 is 2.66 bits per heavy atom. The quantitative estimate of drug-likeness (QED) is 0.615. The first-order valence-electron chi connectivity index (χ1n) is 10.3. The predicted octanol–water partition coefficient (Wildman–Crippen LogP) is 5.02. The van der Waals surface area contributed by atoms with Crippen molar-refractivity contribution in [3.8, 4) is 5.75 Å². The number of benzene rings is 1. The van der Waals surface area contributed by atoms with Gasteiger partial charge in [-0.2, -0.15) is 0 Å². The Bertz CT molecular complexity index is 857. The van der Waals surface area contributed by atoms with E-state index in [1.165, 1.54) is 21.8 Å². The summed E-state index contributed by atoms with van der Waals surface area (Å²) in [7, 11) is 0. The number of hydrogen-bond acceptors (Lipinski definition) is 5. The molecule has 0 radical (unpaired) electrons. The van der Waals surface area contributed by atoms with E-state index in [-0.39, 0.29) is 18.5 Å². The van der Waals surface area contributed by atoms with E-state index in [9.17, 15) is 9.59 Å². The van der Waals surface area contributed by atoms with E-state index in [0.717, 1.165) is 37.7 Å². The van der Waals surface area contributed by atoms with E-state index in [4.69, 9.17) is 9.47 Å². The highest BCUT2D eigenvalue weighted by molar-refractivity contribution is 7.17. The third kappa shape index (κ3) is 5.38. The Balaban J connectivity index is 1.68. The van der Waals surface area contributed by atoms with Gasteiger partial charge in [-0.25, -0.2) is 4.79 Å². The van der Waals surface area contributed by atoms with Crippen LogP contribution in [0, 0.1) is 5.92 Å². The zero-order valence-corrected chi connectivity index (χ0v) is 18.2. The first-order valence-corrected chi connectivity index (χ1v) is 11.2. The Morgan fingerprint density at radius 1 is 1.21 bits per heavy atom. The first kappa shape index (κ1) is 21.4. The number of carbonyl (C=O) groups is 2. The number of aryl methyl sites for hydroxylation is 1. The average molecular weight is 416 g/mol. The molecule has 0 aliphatic heterocycles. The summed E-state index contributed by atoms with van der Waals surface area (Å²) >= 11 is 1.49. The van der Waals surface area contributed by atoms with Crippen LogP contribution < -0.4 is 10.1 Å². The lowest BCUT2D eigenvalue weighted by atomic mass is 9.88. The van der Waals surface area contributed by atoms with Crippen LogP contribution in [0.1, 0.15) is 60.0 Å². The normalized spacial score (nSPS) is 15.5. The van der Waals surface area contributed by atoms with E-state index in [1.54, 1.807) is 6.92 Å². The molecule has 2 aromatic rings. The summed E-state index contributed by atoms with van der Waals surface area (Å²) in [5, 5.41) is 3.46. The van der Waals surface area contributed by atoms with Gasteiger partial charge >= 0.3 is 5.97 Å². The molecule has 0 saturated heterocycles. The molecule has 1 heterocycles. The molecule has 29 heavy (non-hydrogen) atoms. The highest BCUT2D eigenvalue weighted by atomic mass is 32.1. The fourth-order valence-electron chi connectivity index (χ4n) is 3.61. The van der Waals surface area contributed by atoms with Crippen molar-refractivity contribution in [1.29, 1.82) is 0 Å². The maximum absolute atomic E-state index is 12.5. The van der Waals surface area contributed by atoms with Gasteiger partial charge in [-0.15, -0.1) is 11.3 Å². The number of thiophene rings is 1. The van der Waals surface area contributed by atoms with Gasteiger partial charge in [-0.1, -0.05) is 32.4 Å². The SMILES string of the molecule is CCCc1ccc(OCC(=O)Nc2sc3c(c2C(=O)OCC)CC[C@@H](C)C3)cc1. The molecular weight excluding hydrogens is 386 g/mol. The second-order valence-electron chi connectivity index (χ2n) is 7.51. The number of carbonyl (C=O) groups excluding carboxylic acids is 2. The number of rotatable bonds is 8. The topological polar surface area (TPSA) is 64.6 Å². The van der Waals surface area contributed by atoms with Gasteiger partial charge in [0.05, 0.1) is 12.2 Å². The van der Waals surface area contributed by atoms with E-state index in [0.29, 0.717) is 28.8 Å². The number of fused-ring (bicyclic) bond motifs is 1. The molecule has 156 valence electrons. The summed E-state index contributed by atoms with van der Waals surface area (Å²) in [6.45, 7) is 6.35. The van der Waals surface area contributed by atoms with E-state index in [1.807, 2.05) is 24.3 Å². The van der Waals surface area contributed by atoms with Crippen LogP contribution in [-0.4, -0.2) is 25.1 Å². The van der Waals surface area contributed by atoms with Crippen LogP contribution in [0.15, 0.2) is 24.3 Å². The fraction of sp³-hybridized carbons (Fsp3) is 0.478. The molecule has 1 aromatic heterocycles. The first-order chi connectivity index (χ1) is 14.0. The van der Waals surface area contributed by atoms with Crippen molar-refractivity contribution in [2.24, 2.45) is 5.92 Å². The zero-order chi connectivity index (χ0) is 20.8. The lowest BCUT2D eigenvalue weighted by Crippen LogP contribution is -2.21. The largest absolute Gasteiger partial charge is 0.484 e. The molecule has 0 bridgehead atoms. The van der Waals surface area contributed by atoms with Crippen molar-refractivity contribution in [3.05, 3.63) is 45.8 Å². The number of amides is 1. The van der Waals surface area contributed by atoms with Crippen LogP contribution >= 0.6 is 11.3 Å². The standard InChI is InChI=1S/C23H29NO4S/c1-4-6-16-8-10-17(11-9-16)28-14-20(25)24-22-21(23(26)27-5-2)18-12-7-15(3)13-19(18)29-22/h8-11,15H,4-7,12-14H2,1-3H3,(H,24,25)/t15-/m1/s1. The molecule has 1 atom stereocenters. The van der Waals surface area contributed by atoms with E-state index < -0.39 is 0 Å². The predicted molar refractivity (Wildman–Crippen MR) is 116 cm³/mol. The number of anilines is 1. The van der Waals surface area contributed by atoms with Crippen molar-refractivity contribution in [1.82, 2.24) is 0 Å². The molecule has 0 spiro atoms. The molecule has 5 nitrogen and oxygen atoms in total. The van der Waals surface area contributed by atoms with Gasteiger partial charge in [0.15, 0.2) is 6.61 Å². The van der Waals surface area contributed by atoms with Crippen molar-refractivity contribution in [2.45, 2.75) is 52.9 Å². The maximum atomic E-state index is 12.5. The maximum Gasteiger partial charge on any atom is 0.341 e. The third-order valence-electron chi connectivity index (χ3n) is 5.08. The molecular formula is C23H29NO4S. The summed E-state index contributed by atoms with van der Waals surface area (Å²) in [5.41, 5.74) is 2.81. The van der Waals surface area contributed by atoms with Gasteiger partial charge in [-0.05, 0) is 61.8 Å². The molecule has 3 rings (SSSR count). The molecule has 1 N–H and O–H groups in total. The van der Waals surface area contributed by atoms with Crippen molar-refractivity contribution in [2.75, 3.05) is 18.5 Å². The number of ether oxygens (including phenoxy) is 2. The highest BCUT2D eigenvalue weighted by Gasteiger charge is 2.29. The molecule has 1 aromatic carbocycles. The lowest BCUT2D eigenvalue weighted by Gasteiger charge is -2.18. The number of nitrogens with one attached hydrogen (secondary N) is 1. The Kier molecular flexibility index (Phi) is 7.31. The van der Waals surface area contributed by atoms with Crippen LogP contribution in [-0.2, 0) is 28.8 Å². The second-order valence-corrected chi connectivity index (χ2v) is 8.61. The Labute approximate surface area is 176 Å². The van der Waals surface area contributed by atoms with Crippen molar-refractivity contribution < 1.29 is 19.1 Å². The van der Waals surface area contributed by atoms with Gasteiger partial charge in [0.2, 0.25) is 0 Å². The van der Waals surface area contributed by atoms with Crippen LogP contribution in [0.5, 0.6) is 5.75 Å². The summed E-state index contributed by atoms with van der Waals surface area (Å²) in [6, 6.07) is 7.80. The highest BCUT2D eigenvalue weighted by Crippen LogP contribution is 2.40. The second kappa shape index (κ2) is 9.92. The third-order valence-corrected chi connectivity index (χ3v) is 6.25. The molecule has 1 aliphatic carbocycles. The van der Waals surface area contributed by atoms with Crippen molar-refractivity contribution >= 4 is 28.2 Å². The monoisotopic (exact) mass is 415 g/mol. The minimum absolute atomic E-state index is 0.103. The number of esters is 1. The molecule has 1 aliphatic rings. The van der Waals surface area contributed by atoms with Gasteiger partial charge < -0.3 is 14.8 Å². The van der Waals surface area contributed by atoms with Gasteiger partial charge in [0.25, 0.3) is 5.91 Å².